The van der Waals surface area contributed by atoms with Crippen LogP contribution in [0.25, 0.3) is 0 Å². The van der Waals surface area contributed by atoms with Crippen molar-refractivity contribution in [3.8, 4) is 0 Å². The second kappa shape index (κ2) is 9.20. The Morgan fingerprint density at radius 2 is 1.83 bits per heavy atom. The second-order valence-corrected chi connectivity index (χ2v) is 6.20. The summed E-state index contributed by atoms with van der Waals surface area (Å²) in [6.07, 6.45) is 1.57. The second-order valence-electron chi connectivity index (χ2n) is 4.87. The Kier molecular flexibility index (Phi) is 6.96. The zero-order valence-electron chi connectivity index (χ0n) is 12.6. The lowest BCUT2D eigenvalue weighted by Crippen LogP contribution is -2.20. The number of hydrazone groups is 1. The molecule has 0 aliphatic heterocycles. The van der Waals surface area contributed by atoms with Gasteiger partial charge in [0.15, 0.2) is 0 Å². The first-order valence-corrected chi connectivity index (χ1v) is 8.33. The third kappa shape index (κ3) is 6.14. The molecule has 0 radical (unpaired) electrons. The number of carbonyl (C=O) groups excluding carboxylic acids is 2. The van der Waals surface area contributed by atoms with Crippen LogP contribution in [0.3, 0.4) is 0 Å². The van der Waals surface area contributed by atoms with Gasteiger partial charge in [0.1, 0.15) is 0 Å². The predicted molar refractivity (Wildman–Crippen MR) is 99.2 cm³/mol. The number of nitrogens with one attached hydrogen (secondary N) is 2. The summed E-state index contributed by atoms with van der Waals surface area (Å²) in [7, 11) is 0. The van der Waals surface area contributed by atoms with Gasteiger partial charge < -0.3 is 5.32 Å². The van der Waals surface area contributed by atoms with E-state index in [0.29, 0.717) is 16.3 Å². The number of amides is 2. The number of benzene rings is 2. The monoisotopic (exact) mass is 407 g/mol. The number of hydrogen-bond donors (Lipinski definition) is 2. The fraction of sp³-hybridized carbons (Fsp3) is 0.118. The van der Waals surface area contributed by atoms with Crippen LogP contribution in [0, 0.1) is 0 Å². The van der Waals surface area contributed by atoms with E-state index < -0.39 is 0 Å². The van der Waals surface area contributed by atoms with E-state index >= 15 is 0 Å². The van der Waals surface area contributed by atoms with Crippen molar-refractivity contribution in [2.24, 2.45) is 5.10 Å². The molecule has 2 amide bonds. The number of anilines is 1. The van der Waals surface area contributed by atoms with Crippen LogP contribution < -0.4 is 10.7 Å². The number of rotatable bonds is 6. The van der Waals surface area contributed by atoms with Crippen molar-refractivity contribution in [2.75, 3.05) is 5.32 Å². The molecule has 0 aliphatic carbocycles. The molecule has 0 spiro atoms. The molecular formula is C17H15BrClN3O2. The van der Waals surface area contributed by atoms with Crippen molar-refractivity contribution in [3.05, 3.63) is 63.6 Å². The molecule has 0 aromatic heterocycles. The smallest absolute Gasteiger partial charge is 0.240 e. The van der Waals surface area contributed by atoms with Gasteiger partial charge in [-0.2, -0.15) is 5.10 Å². The highest BCUT2D eigenvalue weighted by molar-refractivity contribution is 9.10. The summed E-state index contributed by atoms with van der Waals surface area (Å²) >= 11 is 9.30. The molecule has 0 fully saturated rings. The molecule has 0 unspecified atom stereocenters. The summed E-state index contributed by atoms with van der Waals surface area (Å²) in [4.78, 5) is 23.5. The highest BCUT2D eigenvalue weighted by Gasteiger charge is 2.07. The topological polar surface area (TPSA) is 70.6 Å². The normalized spacial score (nSPS) is 10.6. The molecule has 2 N–H and O–H groups in total. The van der Waals surface area contributed by atoms with E-state index in [1.807, 2.05) is 24.3 Å². The van der Waals surface area contributed by atoms with Gasteiger partial charge in [0.2, 0.25) is 11.8 Å². The molecule has 0 bridgehead atoms. The Balaban J connectivity index is 1.75. The minimum absolute atomic E-state index is 0.0414. The van der Waals surface area contributed by atoms with Crippen molar-refractivity contribution in [3.63, 3.8) is 0 Å². The lowest BCUT2D eigenvalue weighted by atomic mass is 10.2. The van der Waals surface area contributed by atoms with Crippen LogP contribution in [-0.2, 0) is 9.59 Å². The molecular weight excluding hydrogens is 394 g/mol. The van der Waals surface area contributed by atoms with E-state index in [9.17, 15) is 9.59 Å². The van der Waals surface area contributed by atoms with Crippen LogP contribution >= 0.6 is 27.5 Å². The van der Waals surface area contributed by atoms with Gasteiger partial charge >= 0.3 is 0 Å². The Labute approximate surface area is 153 Å². The first kappa shape index (κ1) is 18.2. The summed E-state index contributed by atoms with van der Waals surface area (Å²) in [6, 6.07) is 14.4. The van der Waals surface area contributed by atoms with E-state index in [1.54, 1.807) is 24.3 Å². The maximum absolute atomic E-state index is 11.8. The lowest BCUT2D eigenvalue weighted by molar-refractivity contribution is -0.124. The Morgan fingerprint density at radius 1 is 1.08 bits per heavy atom. The van der Waals surface area contributed by atoms with E-state index in [-0.39, 0.29) is 24.7 Å². The predicted octanol–water partition coefficient (Wildman–Crippen LogP) is 3.97. The van der Waals surface area contributed by atoms with Gasteiger partial charge in [-0.25, -0.2) is 5.43 Å². The average molecular weight is 409 g/mol. The fourth-order valence-corrected chi connectivity index (χ4v) is 2.41. The van der Waals surface area contributed by atoms with Crippen LogP contribution in [0.15, 0.2) is 58.1 Å². The van der Waals surface area contributed by atoms with Crippen molar-refractivity contribution in [1.29, 1.82) is 0 Å². The van der Waals surface area contributed by atoms with Crippen LogP contribution in [0.1, 0.15) is 18.4 Å². The van der Waals surface area contributed by atoms with Crippen LogP contribution in [0.2, 0.25) is 5.02 Å². The molecule has 0 aliphatic rings. The molecule has 0 atom stereocenters. The third-order valence-corrected chi connectivity index (χ3v) is 3.82. The summed E-state index contributed by atoms with van der Waals surface area (Å²) in [5.41, 5.74) is 3.74. The molecule has 5 nitrogen and oxygen atoms in total. The summed E-state index contributed by atoms with van der Waals surface area (Å²) < 4.78 is 0.868. The molecule has 2 aromatic rings. The Bertz CT molecular complexity index is 765. The van der Waals surface area contributed by atoms with Gasteiger partial charge in [-0.15, -0.1) is 0 Å². The molecule has 2 aromatic carbocycles. The molecule has 7 heteroatoms. The van der Waals surface area contributed by atoms with Crippen LogP contribution in [-0.4, -0.2) is 18.0 Å². The SMILES string of the molecule is O=C(CCC(=O)Nc1cccc(Br)c1)NN=Cc1ccccc1Cl. The maximum Gasteiger partial charge on any atom is 0.240 e. The fourth-order valence-electron chi connectivity index (χ4n) is 1.83. The Morgan fingerprint density at radius 3 is 2.58 bits per heavy atom. The minimum Gasteiger partial charge on any atom is -0.326 e. The molecule has 0 heterocycles. The number of carbonyl (C=O) groups is 2. The van der Waals surface area contributed by atoms with E-state index in [2.05, 4.69) is 31.8 Å². The quantitative estimate of drug-likeness (QED) is 0.561. The zero-order valence-corrected chi connectivity index (χ0v) is 15.0. The largest absolute Gasteiger partial charge is 0.326 e. The third-order valence-electron chi connectivity index (χ3n) is 2.99. The van der Waals surface area contributed by atoms with Gasteiger partial charge in [-0.1, -0.05) is 51.8 Å². The molecule has 24 heavy (non-hydrogen) atoms. The van der Waals surface area contributed by atoms with E-state index in [1.165, 1.54) is 6.21 Å². The zero-order chi connectivity index (χ0) is 17.4. The van der Waals surface area contributed by atoms with E-state index in [0.717, 1.165) is 4.47 Å². The summed E-state index contributed by atoms with van der Waals surface area (Å²) in [5, 5.41) is 7.10. The highest BCUT2D eigenvalue weighted by Crippen LogP contribution is 2.16. The Hall–Kier alpha value is -2.18. The van der Waals surface area contributed by atoms with Gasteiger partial charge in [0.05, 0.1) is 6.21 Å². The van der Waals surface area contributed by atoms with Crippen molar-refractivity contribution in [1.82, 2.24) is 5.43 Å². The molecule has 2 rings (SSSR count). The number of hydrogen-bond acceptors (Lipinski definition) is 3. The number of halogens is 2. The van der Waals surface area contributed by atoms with E-state index in [4.69, 9.17) is 11.6 Å². The van der Waals surface area contributed by atoms with Crippen molar-refractivity contribution < 1.29 is 9.59 Å². The summed E-state index contributed by atoms with van der Waals surface area (Å²) in [5.74, 6) is -0.582. The number of nitrogens with zero attached hydrogens (tertiary/aromatic N) is 1. The average Bonchev–Trinajstić information content (AvgIpc) is 2.55. The van der Waals surface area contributed by atoms with Gasteiger partial charge in [-0.3, -0.25) is 9.59 Å². The minimum atomic E-state index is -0.345. The van der Waals surface area contributed by atoms with Gasteiger partial charge in [0.25, 0.3) is 0 Å². The maximum atomic E-state index is 11.8. The summed E-state index contributed by atoms with van der Waals surface area (Å²) in [6.45, 7) is 0. The molecule has 0 saturated carbocycles. The van der Waals surface area contributed by atoms with Crippen molar-refractivity contribution >= 4 is 51.2 Å². The van der Waals surface area contributed by atoms with Crippen LogP contribution in [0.5, 0.6) is 0 Å². The highest BCUT2D eigenvalue weighted by atomic mass is 79.9. The first-order chi connectivity index (χ1) is 11.5. The van der Waals surface area contributed by atoms with Gasteiger partial charge in [-0.05, 0) is 24.3 Å². The first-order valence-electron chi connectivity index (χ1n) is 7.16. The van der Waals surface area contributed by atoms with Gasteiger partial charge in [0, 0.05) is 33.6 Å². The lowest BCUT2D eigenvalue weighted by Gasteiger charge is -2.05. The molecule has 0 saturated heterocycles. The van der Waals surface area contributed by atoms with Crippen LogP contribution in [0.4, 0.5) is 5.69 Å². The molecule has 124 valence electrons. The standard InChI is InChI=1S/C17H15BrClN3O2/c18-13-5-3-6-14(10-13)21-16(23)8-9-17(24)22-20-11-12-4-1-2-7-15(12)19/h1-7,10-11H,8-9H2,(H,21,23)(H,22,24). The van der Waals surface area contributed by atoms with Crippen molar-refractivity contribution in [2.45, 2.75) is 12.8 Å².